The number of hydrogen-bond acceptors (Lipinski definition) is 4. The van der Waals surface area contributed by atoms with Gasteiger partial charge in [-0.2, -0.15) is 5.10 Å². The van der Waals surface area contributed by atoms with Crippen LogP contribution >= 0.6 is 0 Å². The standard InChI is InChI=1S/C13H21N3O3/c1-10-11(9-15-16(10)2)13(18)14-8-6-4-5-7-12(17)19-3/h9H,4-8H2,1-3H3,(H,14,18). The maximum Gasteiger partial charge on any atom is 0.305 e. The summed E-state index contributed by atoms with van der Waals surface area (Å²) >= 11 is 0. The summed E-state index contributed by atoms with van der Waals surface area (Å²) in [7, 11) is 3.19. The molecule has 1 aromatic rings. The zero-order chi connectivity index (χ0) is 14.3. The lowest BCUT2D eigenvalue weighted by Gasteiger charge is -2.04. The van der Waals surface area contributed by atoms with E-state index in [1.807, 2.05) is 6.92 Å². The molecule has 0 bridgehead atoms. The monoisotopic (exact) mass is 267 g/mol. The molecule has 1 N–H and O–H groups in total. The highest BCUT2D eigenvalue weighted by Crippen LogP contribution is 2.05. The molecule has 0 saturated carbocycles. The van der Waals surface area contributed by atoms with E-state index in [-0.39, 0.29) is 11.9 Å². The molecule has 0 aliphatic heterocycles. The highest BCUT2D eigenvalue weighted by atomic mass is 16.5. The third-order valence-corrected chi connectivity index (χ3v) is 3.05. The molecule has 1 aromatic heterocycles. The van der Waals surface area contributed by atoms with Crippen molar-refractivity contribution in [3.63, 3.8) is 0 Å². The van der Waals surface area contributed by atoms with Crippen LogP contribution in [-0.2, 0) is 16.6 Å². The smallest absolute Gasteiger partial charge is 0.305 e. The maximum absolute atomic E-state index is 11.8. The highest BCUT2D eigenvalue weighted by molar-refractivity contribution is 5.94. The molecule has 6 heteroatoms. The summed E-state index contributed by atoms with van der Waals surface area (Å²) < 4.78 is 6.22. The predicted octanol–water partition coefficient (Wildman–Crippen LogP) is 1.19. The lowest BCUT2D eigenvalue weighted by Crippen LogP contribution is -2.24. The van der Waals surface area contributed by atoms with Crippen molar-refractivity contribution < 1.29 is 14.3 Å². The van der Waals surface area contributed by atoms with Crippen molar-refractivity contribution in [3.05, 3.63) is 17.5 Å². The van der Waals surface area contributed by atoms with E-state index >= 15 is 0 Å². The summed E-state index contributed by atoms with van der Waals surface area (Å²) in [5.74, 6) is -0.284. The molecule has 0 aromatic carbocycles. The Bertz CT molecular complexity index is 440. The van der Waals surface area contributed by atoms with Crippen LogP contribution < -0.4 is 5.32 Å². The third-order valence-electron chi connectivity index (χ3n) is 3.05. The second-order valence-corrected chi connectivity index (χ2v) is 4.41. The van der Waals surface area contributed by atoms with E-state index in [1.165, 1.54) is 7.11 Å². The van der Waals surface area contributed by atoms with Crippen molar-refractivity contribution in [2.45, 2.75) is 32.6 Å². The van der Waals surface area contributed by atoms with Crippen molar-refractivity contribution in [3.8, 4) is 0 Å². The Hall–Kier alpha value is -1.85. The van der Waals surface area contributed by atoms with E-state index in [0.717, 1.165) is 25.0 Å². The molecule has 6 nitrogen and oxygen atoms in total. The molecule has 1 amide bonds. The number of aryl methyl sites for hydroxylation is 1. The summed E-state index contributed by atoms with van der Waals surface area (Å²) in [5.41, 5.74) is 1.46. The van der Waals surface area contributed by atoms with Crippen molar-refractivity contribution in [2.75, 3.05) is 13.7 Å². The van der Waals surface area contributed by atoms with Crippen molar-refractivity contribution in [2.24, 2.45) is 7.05 Å². The Morgan fingerprint density at radius 1 is 1.37 bits per heavy atom. The van der Waals surface area contributed by atoms with E-state index in [2.05, 4.69) is 15.2 Å². The van der Waals surface area contributed by atoms with Crippen molar-refractivity contribution in [1.29, 1.82) is 0 Å². The molecule has 1 heterocycles. The average Bonchev–Trinajstić information content (AvgIpc) is 2.73. The Morgan fingerprint density at radius 3 is 2.68 bits per heavy atom. The quantitative estimate of drug-likeness (QED) is 0.595. The number of aromatic nitrogens is 2. The van der Waals surface area contributed by atoms with E-state index in [4.69, 9.17) is 0 Å². The molecule has 0 atom stereocenters. The lowest BCUT2D eigenvalue weighted by molar-refractivity contribution is -0.140. The van der Waals surface area contributed by atoms with Crippen LogP contribution in [0.1, 0.15) is 41.7 Å². The van der Waals surface area contributed by atoms with Crippen molar-refractivity contribution >= 4 is 11.9 Å². The van der Waals surface area contributed by atoms with Gasteiger partial charge in [-0.3, -0.25) is 14.3 Å². The Kier molecular flexibility index (Phi) is 6.05. The third kappa shape index (κ3) is 4.73. The lowest BCUT2D eigenvalue weighted by atomic mass is 10.2. The first-order valence-corrected chi connectivity index (χ1v) is 6.40. The van der Waals surface area contributed by atoms with Gasteiger partial charge in [-0.15, -0.1) is 0 Å². The number of carbonyl (C=O) groups is 2. The van der Waals surface area contributed by atoms with Crippen LogP contribution in [0.4, 0.5) is 0 Å². The van der Waals surface area contributed by atoms with Gasteiger partial charge in [-0.25, -0.2) is 0 Å². The fraction of sp³-hybridized carbons (Fsp3) is 0.615. The maximum atomic E-state index is 11.8. The molecule has 0 saturated heterocycles. The Balaban J connectivity index is 2.18. The molecule has 1 rings (SSSR count). The van der Waals surface area contributed by atoms with E-state index < -0.39 is 0 Å². The fourth-order valence-electron chi connectivity index (χ4n) is 1.69. The molecule has 0 spiro atoms. The van der Waals surface area contributed by atoms with Gasteiger partial charge in [0.2, 0.25) is 0 Å². The number of carbonyl (C=O) groups excluding carboxylic acids is 2. The molecule has 0 radical (unpaired) electrons. The molecule has 0 unspecified atom stereocenters. The normalized spacial score (nSPS) is 10.3. The van der Waals surface area contributed by atoms with Crippen LogP contribution in [0, 0.1) is 6.92 Å². The second-order valence-electron chi connectivity index (χ2n) is 4.41. The van der Waals surface area contributed by atoms with Gasteiger partial charge in [-0.05, 0) is 19.8 Å². The summed E-state index contributed by atoms with van der Waals surface area (Å²) in [6.07, 6.45) is 4.53. The minimum absolute atomic E-state index is 0.0985. The zero-order valence-corrected chi connectivity index (χ0v) is 11.7. The second kappa shape index (κ2) is 7.56. The number of methoxy groups -OCH3 is 1. The molecule has 19 heavy (non-hydrogen) atoms. The Morgan fingerprint density at radius 2 is 2.11 bits per heavy atom. The van der Waals surface area contributed by atoms with Crippen LogP contribution in [0.25, 0.3) is 0 Å². The van der Waals surface area contributed by atoms with E-state index in [1.54, 1.807) is 17.9 Å². The van der Waals surface area contributed by atoms with Gasteiger partial charge >= 0.3 is 5.97 Å². The molecule has 0 fully saturated rings. The minimum atomic E-state index is -0.185. The van der Waals surface area contributed by atoms with E-state index in [9.17, 15) is 9.59 Å². The molecule has 0 aliphatic rings. The number of rotatable bonds is 7. The van der Waals surface area contributed by atoms with Crippen LogP contribution in [0.3, 0.4) is 0 Å². The summed E-state index contributed by atoms with van der Waals surface area (Å²) in [5, 5.41) is 6.87. The fourth-order valence-corrected chi connectivity index (χ4v) is 1.69. The van der Waals surface area contributed by atoms with Gasteiger partial charge in [0.15, 0.2) is 0 Å². The van der Waals surface area contributed by atoms with Gasteiger partial charge in [0.05, 0.1) is 18.9 Å². The van der Waals surface area contributed by atoms with Crippen molar-refractivity contribution in [1.82, 2.24) is 15.1 Å². The SMILES string of the molecule is COC(=O)CCCCCNC(=O)c1cnn(C)c1C. The average molecular weight is 267 g/mol. The number of hydrogen-bond donors (Lipinski definition) is 1. The van der Waals surface area contributed by atoms with Crippen LogP contribution in [-0.4, -0.2) is 35.3 Å². The zero-order valence-electron chi connectivity index (χ0n) is 11.7. The number of nitrogens with one attached hydrogen (secondary N) is 1. The van der Waals surface area contributed by atoms with Gasteiger partial charge < -0.3 is 10.1 Å². The first kappa shape index (κ1) is 15.2. The van der Waals surface area contributed by atoms with Crippen LogP contribution in [0.2, 0.25) is 0 Å². The first-order chi connectivity index (χ1) is 9.06. The highest BCUT2D eigenvalue weighted by Gasteiger charge is 2.11. The Labute approximate surface area is 113 Å². The molecular formula is C13H21N3O3. The largest absolute Gasteiger partial charge is 0.469 e. The topological polar surface area (TPSA) is 73.2 Å². The number of esters is 1. The number of ether oxygens (including phenoxy) is 1. The number of amides is 1. The van der Waals surface area contributed by atoms with Gasteiger partial charge in [0, 0.05) is 25.7 Å². The van der Waals surface area contributed by atoms with Gasteiger partial charge in [0.25, 0.3) is 5.91 Å². The summed E-state index contributed by atoms with van der Waals surface area (Å²) in [6, 6.07) is 0. The first-order valence-electron chi connectivity index (χ1n) is 6.40. The minimum Gasteiger partial charge on any atom is -0.469 e. The number of nitrogens with zero attached hydrogens (tertiary/aromatic N) is 2. The molecular weight excluding hydrogens is 246 g/mol. The van der Waals surface area contributed by atoms with E-state index in [0.29, 0.717) is 18.5 Å². The molecule has 106 valence electrons. The molecule has 0 aliphatic carbocycles. The predicted molar refractivity (Wildman–Crippen MR) is 70.8 cm³/mol. The summed E-state index contributed by atoms with van der Waals surface area (Å²) in [6.45, 7) is 2.46. The van der Waals surface area contributed by atoms with Crippen LogP contribution in [0.5, 0.6) is 0 Å². The van der Waals surface area contributed by atoms with Gasteiger partial charge in [0.1, 0.15) is 0 Å². The van der Waals surface area contributed by atoms with Gasteiger partial charge in [-0.1, -0.05) is 6.42 Å². The summed E-state index contributed by atoms with van der Waals surface area (Å²) in [4.78, 5) is 22.7. The number of unbranched alkanes of at least 4 members (excludes halogenated alkanes) is 2. The van der Waals surface area contributed by atoms with Crippen LogP contribution in [0.15, 0.2) is 6.20 Å².